The van der Waals surface area contributed by atoms with E-state index >= 15 is 0 Å². The Labute approximate surface area is 124 Å². The fourth-order valence-electron chi connectivity index (χ4n) is 2.62. The molecular weight excluding hydrogens is 276 g/mol. The van der Waals surface area contributed by atoms with Gasteiger partial charge >= 0.3 is 18.0 Å². The van der Waals surface area contributed by atoms with E-state index in [-0.39, 0.29) is 5.92 Å². The number of hydrogen-bond donors (Lipinski definition) is 3. The van der Waals surface area contributed by atoms with Gasteiger partial charge in [0.25, 0.3) is 0 Å². The molecule has 0 aromatic heterocycles. The van der Waals surface area contributed by atoms with Crippen molar-refractivity contribution in [2.24, 2.45) is 11.3 Å². The largest absolute Gasteiger partial charge is 0.481 e. The number of nitrogens with one attached hydrogen (secondary N) is 2. The number of carbonyl (C=O) groups excluding carboxylic acids is 2. The van der Waals surface area contributed by atoms with Gasteiger partial charge in [0, 0.05) is 6.04 Å². The summed E-state index contributed by atoms with van der Waals surface area (Å²) in [6.45, 7) is 5.21. The molecule has 0 spiro atoms. The van der Waals surface area contributed by atoms with Crippen LogP contribution in [0.15, 0.2) is 0 Å². The van der Waals surface area contributed by atoms with E-state index in [0.717, 1.165) is 6.42 Å². The van der Waals surface area contributed by atoms with E-state index in [1.54, 1.807) is 20.8 Å². The highest BCUT2D eigenvalue weighted by molar-refractivity contribution is 5.84. The monoisotopic (exact) mass is 300 g/mol. The van der Waals surface area contributed by atoms with E-state index < -0.39 is 35.5 Å². The van der Waals surface area contributed by atoms with Crippen molar-refractivity contribution in [2.75, 3.05) is 7.11 Å². The summed E-state index contributed by atoms with van der Waals surface area (Å²) in [7, 11) is 1.26. The Morgan fingerprint density at radius 1 is 1.33 bits per heavy atom. The predicted molar refractivity (Wildman–Crippen MR) is 75.7 cm³/mol. The maximum absolute atomic E-state index is 12.0. The fraction of sp³-hybridized carbons (Fsp3) is 0.786. The minimum absolute atomic E-state index is 0.127. The second-order valence-electron chi connectivity index (χ2n) is 6.03. The van der Waals surface area contributed by atoms with Gasteiger partial charge in [-0.15, -0.1) is 0 Å². The van der Waals surface area contributed by atoms with E-state index in [9.17, 15) is 19.5 Å². The van der Waals surface area contributed by atoms with Gasteiger partial charge in [-0.05, 0) is 25.7 Å². The normalized spacial score (nSPS) is 26.2. The third kappa shape index (κ3) is 3.86. The van der Waals surface area contributed by atoms with Crippen molar-refractivity contribution in [1.29, 1.82) is 0 Å². The van der Waals surface area contributed by atoms with Gasteiger partial charge in [0.05, 0.1) is 12.5 Å². The molecule has 21 heavy (non-hydrogen) atoms. The summed E-state index contributed by atoms with van der Waals surface area (Å²) in [4.78, 5) is 35.0. The molecule has 0 bridgehead atoms. The van der Waals surface area contributed by atoms with Crippen molar-refractivity contribution in [2.45, 2.75) is 52.1 Å². The van der Waals surface area contributed by atoms with Crippen molar-refractivity contribution in [3.63, 3.8) is 0 Å². The molecule has 1 rings (SSSR count). The van der Waals surface area contributed by atoms with E-state index in [2.05, 4.69) is 15.4 Å². The van der Waals surface area contributed by atoms with Crippen molar-refractivity contribution in [1.82, 2.24) is 10.6 Å². The van der Waals surface area contributed by atoms with Crippen LogP contribution in [-0.4, -0.2) is 42.3 Å². The molecule has 3 atom stereocenters. The maximum atomic E-state index is 12.0. The molecule has 3 unspecified atom stereocenters. The molecule has 0 aliphatic heterocycles. The van der Waals surface area contributed by atoms with Gasteiger partial charge < -0.3 is 20.5 Å². The van der Waals surface area contributed by atoms with Crippen LogP contribution in [0.2, 0.25) is 0 Å². The summed E-state index contributed by atoms with van der Waals surface area (Å²) in [6.07, 6.45) is 1.89. The Hall–Kier alpha value is -1.79. The highest BCUT2D eigenvalue weighted by atomic mass is 16.5. The van der Waals surface area contributed by atoms with Gasteiger partial charge in [-0.3, -0.25) is 4.79 Å². The first-order chi connectivity index (χ1) is 9.72. The van der Waals surface area contributed by atoms with Gasteiger partial charge in [0.15, 0.2) is 0 Å². The first-order valence-corrected chi connectivity index (χ1v) is 7.10. The number of ether oxygens (including phenoxy) is 1. The van der Waals surface area contributed by atoms with Crippen molar-refractivity contribution < 1.29 is 24.2 Å². The summed E-state index contributed by atoms with van der Waals surface area (Å²) in [5.74, 6) is -1.57. The zero-order valence-electron chi connectivity index (χ0n) is 12.9. The number of urea groups is 1. The molecule has 7 nitrogen and oxygen atoms in total. The maximum Gasteiger partial charge on any atom is 0.328 e. The van der Waals surface area contributed by atoms with Crippen LogP contribution < -0.4 is 10.6 Å². The molecule has 7 heteroatoms. The van der Waals surface area contributed by atoms with Crippen molar-refractivity contribution in [3.05, 3.63) is 0 Å². The fourth-order valence-corrected chi connectivity index (χ4v) is 2.62. The zero-order valence-corrected chi connectivity index (χ0v) is 12.9. The van der Waals surface area contributed by atoms with Crippen molar-refractivity contribution in [3.8, 4) is 0 Å². The van der Waals surface area contributed by atoms with Crippen LogP contribution in [0, 0.1) is 11.3 Å². The zero-order chi connectivity index (χ0) is 16.2. The average Bonchev–Trinajstić information content (AvgIpc) is 2.77. The molecule has 120 valence electrons. The number of methoxy groups -OCH3 is 1. The number of carbonyl (C=O) groups is 3. The van der Waals surface area contributed by atoms with Crippen LogP contribution in [0.5, 0.6) is 0 Å². The Bertz CT molecular complexity index is 424. The Balaban J connectivity index is 2.68. The molecule has 0 aromatic rings. The minimum Gasteiger partial charge on any atom is -0.481 e. The summed E-state index contributed by atoms with van der Waals surface area (Å²) < 4.78 is 4.65. The van der Waals surface area contributed by atoms with Gasteiger partial charge in [-0.2, -0.15) is 0 Å². The number of esters is 1. The summed E-state index contributed by atoms with van der Waals surface area (Å²) in [5.41, 5.74) is -0.962. The van der Waals surface area contributed by atoms with Crippen LogP contribution in [0.1, 0.15) is 40.0 Å². The molecule has 0 heterocycles. The lowest BCUT2D eigenvalue weighted by atomic mass is 9.85. The lowest BCUT2D eigenvalue weighted by molar-refractivity contribution is -0.148. The Morgan fingerprint density at radius 3 is 2.43 bits per heavy atom. The Morgan fingerprint density at radius 2 is 1.95 bits per heavy atom. The summed E-state index contributed by atoms with van der Waals surface area (Å²) in [5, 5.41) is 14.5. The third-order valence-electron chi connectivity index (χ3n) is 4.16. The molecule has 0 aromatic carbocycles. The predicted octanol–water partition coefficient (Wildman–Crippen LogP) is 1.13. The quantitative estimate of drug-likeness (QED) is 0.660. The molecule has 0 saturated heterocycles. The first-order valence-electron chi connectivity index (χ1n) is 7.10. The molecule has 1 aliphatic carbocycles. The number of hydrogen-bond acceptors (Lipinski definition) is 4. The van der Waals surface area contributed by atoms with Gasteiger partial charge in [0.1, 0.15) is 6.04 Å². The van der Waals surface area contributed by atoms with E-state index in [1.165, 1.54) is 7.11 Å². The second-order valence-corrected chi connectivity index (χ2v) is 6.03. The SMILES string of the molecule is COC(=O)C(NC(=O)NC1CCCC1(C)C(=O)O)C(C)C. The number of carboxylic acid groups (broad SMARTS) is 1. The van der Waals surface area contributed by atoms with Crippen LogP contribution in [0.4, 0.5) is 4.79 Å². The van der Waals surface area contributed by atoms with E-state index in [0.29, 0.717) is 12.8 Å². The standard InChI is InChI=1S/C14H24N2O5/c1-8(2)10(11(17)21-4)16-13(20)15-9-6-5-7-14(9,3)12(18)19/h8-10H,5-7H2,1-4H3,(H,18,19)(H2,15,16,20). The lowest BCUT2D eigenvalue weighted by Gasteiger charge is -2.29. The molecule has 0 radical (unpaired) electrons. The van der Waals surface area contributed by atoms with Crippen LogP contribution in [0.3, 0.4) is 0 Å². The number of carboxylic acids is 1. The van der Waals surface area contributed by atoms with Gasteiger partial charge in [-0.25, -0.2) is 9.59 Å². The highest BCUT2D eigenvalue weighted by Gasteiger charge is 2.46. The number of aliphatic carboxylic acids is 1. The topological polar surface area (TPSA) is 105 Å². The second kappa shape index (κ2) is 6.78. The molecule has 1 aliphatic rings. The number of amides is 2. The molecule has 2 amide bonds. The summed E-state index contributed by atoms with van der Waals surface area (Å²) >= 11 is 0. The van der Waals surface area contributed by atoms with Crippen molar-refractivity contribution >= 4 is 18.0 Å². The van der Waals surface area contributed by atoms with Gasteiger partial charge in [0.2, 0.25) is 0 Å². The number of rotatable bonds is 5. The highest BCUT2D eigenvalue weighted by Crippen LogP contribution is 2.38. The Kier molecular flexibility index (Phi) is 5.57. The van der Waals surface area contributed by atoms with Crippen LogP contribution in [-0.2, 0) is 14.3 Å². The first kappa shape index (κ1) is 17.3. The lowest BCUT2D eigenvalue weighted by Crippen LogP contribution is -2.54. The third-order valence-corrected chi connectivity index (χ3v) is 4.16. The molecule has 1 saturated carbocycles. The summed E-state index contributed by atoms with van der Waals surface area (Å²) in [6, 6.07) is -1.74. The minimum atomic E-state index is -0.962. The average molecular weight is 300 g/mol. The molecular formula is C14H24N2O5. The smallest absolute Gasteiger partial charge is 0.328 e. The molecule has 1 fully saturated rings. The van der Waals surface area contributed by atoms with Crippen LogP contribution in [0.25, 0.3) is 0 Å². The van der Waals surface area contributed by atoms with Crippen LogP contribution >= 0.6 is 0 Å². The van der Waals surface area contributed by atoms with E-state index in [1.807, 2.05) is 0 Å². The van der Waals surface area contributed by atoms with Gasteiger partial charge in [-0.1, -0.05) is 20.3 Å². The van der Waals surface area contributed by atoms with E-state index in [4.69, 9.17) is 0 Å². The molecule has 3 N–H and O–H groups in total.